The van der Waals surface area contributed by atoms with Gasteiger partial charge >= 0.3 is 0 Å². The highest BCUT2D eigenvalue weighted by Gasteiger charge is 2.59. The third-order valence-corrected chi connectivity index (χ3v) is 7.80. The zero-order valence-corrected chi connectivity index (χ0v) is 13.8. The van der Waals surface area contributed by atoms with Crippen LogP contribution in [0.5, 0.6) is 0 Å². The molecule has 3 nitrogen and oxygen atoms in total. The highest BCUT2D eigenvalue weighted by atomic mass is 16.3. The maximum Gasteiger partial charge on any atom is 0.153 e. The molecular weight excluding hydrogens is 274 g/mol. The van der Waals surface area contributed by atoms with E-state index in [4.69, 9.17) is 5.73 Å². The fourth-order valence-electron chi connectivity index (χ4n) is 6.59. The van der Waals surface area contributed by atoms with Gasteiger partial charge in [-0.3, -0.25) is 0 Å². The van der Waals surface area contributed by atoms with Crippen molar-refractivity contribution < 1.29 is 10.2 Å². The van der Waals surface area contributed by atoms with E-state index in [9.17, 15) is 10.2 Å². The Hall–Kier alpha value is -0.960. The molecule has 0 aromatic carbocycles. The Morgan fingerprint density at radius 1 is 1.09 bits per heavy atom. The number of nitrogens with two attached hydrogens (primary N) is 1. The maximum absolute atomic E-state index is 10.1. The lowest BCUT2D eigenvalue weighted by molar-refractivity contribution is -0.0674. The van der Waals surface area contributed by atoms with Gasteiger partial charge in [0, 0.05) is 6.04 Å². The van der Waals surface area contributed by atoms with Crippen LogP contribution in [0, 0.1) is 34.5 Å². The van der Waals surface area contributed by atoms with E-state index in [2.05, 4.69) is 13.8 Å². The summed E-state index contributed by atoms with van der Waals surface area (Å²) in [5.74, 6) is 2.20. The largest absolute Gasteiger partial charge is 0.504 e. The van der Waals surface area contributed by atoms with Gasteiger partial charge in [-0.15, -0.1) is 0 Å². The molecule has 4 N–H and O–H groups in total. The van der Waals surface area contributed by atoms with Gasteiger partial charge in [0.05, 0.1) is 0 Å². The van der Waals surface area contributed by atoms with E-state index < -0.39 is 0 Å². The number of rotatable bonds is 0. The first-order valence-electron chi connectivity index (χ1n) is 8.94. The van der Waals surface area contributed by atoms with Gasteiger partial charge in [0.25, 0.3) is 0 Å². The Morgan fingerprint density at radius 2 is 1.86 bits per heavy atom. The first-order chi connectivity index (χ1) is 10.3. The van der Waals surface area contributed by atoms with Crippen molar-refractivity contribution in [1.29, 1.82) is 0 Å². The maximum atomic E-state index is 10.1. The monoisotopic (exact) mass is 303 g/mol. The third kappa shape index (κ3) is 1.78. The van der Waals surface area contributed by atoms with Crippen LogP contribution >= 0.6 is 0 Å². The average molecular weight is 303 g/mol. The molecule has 0 aliphatic heterocycles. The van der Waals surface area contributed by atoms with Crippen LogP contribution in [0.1, 0.15) is 52.4 Å². The summed E-state index contributed by atoms with van der Waals surface area (Å²) in [6, 6.07) is 0.225. The lowest BCUT2D eigenvalue weighted by Gasteiger charge is -2.59. The van der Waals surface area contributed by atoms with Gasteiger partial charge in [0.1, 0.15) is 0 Å². The molecule has 0 bridgehead atoms. The summed E-state index contributed by atoms with van der Waals surface area (Å²) in [5, 5.41) is 20.0. The Labute approximate surface area is 133 Å². The normalized spacial score (nSPS) is 53.9. The van der Waals surface area contributed by atoms with E-state index in [1.807, 2.05) is 12.2 Å². The third-order valence-electron chi connectivity index (χ3n) is 7.80. The van der Waals surface area contributed by atoms with Crippen molar-refractivity contribution in [3.63, 3.8) is 0 Å². The summed E-state index contributed by atoms with van der Waals surface area (Å²) in [7, 11) is 0. The van der Waals surface area contributed by atoms with Crippen LogP contribution in [0.2, 0.25) is 0 Å². The number of hydrogen-bond acceptors (Lipinski definition) is 3. The first kappa shape index (κ1) is 14.6. The number of aliphatic hydroxyl groups is 2. The highest BCUT2D eigenvalue weighted by Crippen LogP contribution is 2.64. The van der Waals surface area contributed by atoms with Gasteiger partial charge in [-0.2, -0.15) is 0 Å². The van der Waals surface area contributed by atoms with Gasteiger partial charge in [-0.05, 0) is 78.8 Å². The molecule has 0 radical (unpaired) electrons. The standard InChI is InChI=1S/C19H29NO2/c1-18-6-3-4-12(18)17-13(5-7-18)19(2)10-16(22)15(21)9-11(19)8-14(17)20/h9-14,17,21-22H,3-8,20H2,1-2H3/t11?,12-,13-,14-,17-,18-,19-/m0/s1. The van der Waals surface area contributed by atoms with Crippen LogP contribution in [0.3, 0.4) is 0 Å². The van der Waals surface area contributed by atoms with Crippen molar-refractivity contribution in [2.45, 2.75) is 58.4 Å². The molecule has 22 heavy (non-hydrogen) atoms. The molecule has 3 saturated carbocycles. The molecule has 0 spiro atoms. The van der Waals surface area contributed by atoms with Crippen LogP contribution in [0.25, 0.3) is 0 Å². The molecule has 4 rings (SSSR count). The lowest BCUT2D eigenvalue weighted by Crippen LogP contribution is -2.58. The molecule has 0 aromatic rings. The zero-order valence-electron chi connectivity index (χ0n) is 13.8. The summed E-state index contributed by atoms with van der Waals surface area (Å²) in [4.78, 5) is 0. The molecule has 0 aromatic heterocycles. The van der Waals surface area contributed by atoms with Crippen LogP contribution in [0.15, 0.2) is 23.7 Å². The molecule has 0 heterocycles. The first-order valence-corrected chi connectivity index (χ1v) is 8.94. The van der Waals surface area contributed by atoms with Crippen LogP contribution in [-0.4, -0.2) is 16.3 Å². The van der Waals surface area contributed by atoms with Crippen LogP contribution < -0.4 is 5.73 Å². The molecule has 1 unspecified atom stereocenters. The molecule has 7 atom stereocenters. The summed E-state index contributed by atoms with van der Waals surface area (Å²) >= 11 is 0. The van der Waals surface area contributed by atoms with Gasteiger partial charge in [0.2, 0.25) is 0 Å². The lowest BCUT2D eigenvalue weighted by atomic mass is 9.46. The van der Waals surface area contributed by atoms with Gasteiger partial charge in [-0.1, -0.05) is 20.3 Å². The summed E-state index contributed by atoms with van der Waals surface area (Å²) in [5.41, 5.74) is 7.09. The highest BCUT2D eigenvalue weighted by molar-refractivity contribution is 5.31. The molecular formula is C19H29NO2. The fourth-order valence-corrected chi connectivity index (χ4v) is 6.59. The minimum absolute atomic E-state index is 0.0367. The predicted octanol–water partition coefficient (Wildman–Crippen LogP) is 4.07. The number of aliphatic hydroxyl groups excluding tert-OH is 2. The Morgan fingerprint density at radius 3 is 2.64 bits per heavy atom. The van der Waals surface area contributed by atoms with Gasteiger partial charge < -0.3 is 15.9 Å². The minimum atomic E-state index is -0.0548. The van der Waals surface area contributed by atoms with Crippen LogP contribution in [0.4, 0.5) is 0 Å². The van der Waals surface area contributed by atoms with E-state index in [0.717, 1.165) is 12.3 Å². The molecule has 4 aliphatic carbocycles. The molecule has 0 amide bonds. The molecule has 4 aliphatic rings. The number of allylic oxidation sites excluding steroid dienone is 2. The van der Waals surface area contributed by atoms with Crippen molar-refractivity contribution in [3.8, 4) is 0 Å². The topological polar surface area (TPSA) is 66.5 Å². The minimum Gasteiger partial charge on any atom is -0.504 e. The molecule has 122 valence electrons. The summed E-state index contributed by atoms with van der Waals surface area (Å²) in [6.07, 6.45) is 11.2. The summed E-state index contributed by atoms with van der Waals surface area (Å²) < 4.78 is 0. The Kier molecular flexibility index (Phi) is 3.01. The Balaban J connectivity index is 1.75. The molecule has 3 heteroatoms. The summed E-state index contributed by atoms with van der Waals surface area (Å²) in [6.45, 7) is 4.75. The van der Waals surface area contributed by atoms with E-state index in [1.165, 1.54) is 32.1 Å². The van der Waals surface area contributed by atoms with E-state index in [-0.39, 0.29) is 28.9 Å². The van der Waals surface area contributed by atoms with Crippen molar-refractivity contribution in [2.24, 2.45) is 40.2 Å². The predicted molar refractivity (Wildman–Crippen MR) is 87.3 cm³/mol. The van der Waals surface area contributed by atoms with E-state index >= 15 is 0 Å². The van der Waals surface area contributed by atoms with Gasteiger partial charge in [-0.25, -0.2) is 0 Å². The molecule has 3 fully saturated rings. The molecule has 0 saturated heterocycles. The number of fused-ring (bicyclic) bond motifs is 5. The Bertz CT molecular complexity index is 554. The second-order valence-electron chi connectivity index (χ2n) is 8.83. The second kappa shape index (κ2) is 4.53. The SMILES string of the molecule is C[C@@]12CCC[C@H]1[C@@H]1[C@@H](N)CC3C=C(O)C(O)=C[C@]3(C)[C@H]1CC2. The average Bonchev–Trinajstić information content (AvgIpc) is 2.84. The zero-order chi connectivity index (χ0) is 15.7. The fraction of sp³-hybridized carbons (Fsp3) is 0.789. The van der Waals surface area contributed by atoms with Crippen molar-refractivity contribution >= 4 is 0 Å². The smallest absolute Gasteiger partial charge is 0.153 e. The number of hydrogen-bond donors (Lipinski definition) is 3. The van der Waals surface area contributed by atoms with Crippen molar-refractivity contribution in [1.82, 2.24) is 0 Å². The van der Waals surface area contributed by atoms with E-state index in [1.54, 1.807) is 0 Å². The van der Waals surface area contributed by atoms with E-state index in [0.29, 0.717) is 17.3 Å². The second-order valence-corrected chi connectivity index (χ2v) is 8.83. The van der Waals surface area contributed by atoms with Crippen molar-refractivity contribution in [2.75, 3.05) is 0 Å². The quantitative estimate of drug-likeness (QED) is 0.632. The van der Waals surface area contributed by atoms with Crippen molar-refractivity contribution in [3.05, 3.63) is 23.7 Å². The van der Waals surface area contributed by atoms with Gasteiger partial charge in [0.15, 0.2) is 11.5 Å². The van der Waals surface area contributed by atoms with Crippen LogP contribution in [-0.2, 0) is 0 Å².